The van der Waals surface area contributed by atoms with Gasteiger partial charge in [0.05, 0.1) is 12.6 Å². The van der Waals surface area contributed by atoms with Crippen molar-refractivity contribution in [1.29, 1.82) is 0 Å². The summed E-state index contributed by atoms with van der Waals surface area (Å²) >= 11 is 0. The summed E-state index contributed by atoms with van der Waals surface area (Å²) in [5, 5.41) is 0. The predicted octanol–water partition coefficient (Wildman–Crippen LogP) is 5.53. The molecule has 0 radical (unpaired) electrons. The maximum Gasteiger partial charge on any atom is 0.343 e. The fraction of sp³-hybridized carbons (Fsp3) is 0.174. The quantitative estimate of drug-likeness (QED) is 0.537. The van der Waals surface area contributed by atoms with Crippen molar-refractivity contribution in [3.8, 4) is 0 Å². The van der Waals surface area contributed by atoms with Crippen molar-refractivity contribution in [2.75, 3.05) is 13.2 Å². The van der Waals surface area contributed by atoms with Gasteiger partial charge in [0.2, 0.25) is 0 Å². The first kappa shape index (κ1) is 18.8. The highest BCUT2D eigenvalue weighted by molar-refractivity contribution is 7.74. The van der Waals surface area contributed by atoms with E-state index in [9.17, 15) is 9.36 Å². The van der Waals surface area contributed by atoms with Gasteiger partial charge in [-0.15, -0.1) is 0 Å². The van der Waals surface area contributed by atoms with E-state index in [1.807, 2.05) is 66.7 Å². The molecule has 4 nitrogen and oxygen atoms in total. The molecule has 4 rings (SSSR count). The molecule has 142 valence electrons. The lowest BCUT2D eigenvalue weighted by Gasteiger charge is -2.39. The number of carbonyl (C=O) groups is 1. The topological polar surface area (TPSA) is 46.6 Å². The SMILES string of the molecule is O=C(c1ccccc1)P1(=O)OCCCN1C(c1ccccc1)c1ccccc1. The average molecular weight is 391 g/mol. The molecular formula is C23H22NO3P. The van der Waals surface area contributed by atoms with Crippen molar-refractivity contribution in [1.82, 2.24) is 4.67 Å². The molecule has 28 heavy (non-hydrogen) atoms. The summed E-state index contributed by atoms with van der Waals surface area (Å²) in [6, 6.07) is 28.2. The minimum atomic E-state index is -3.73. The van der Waals surface area contributed by atoms with Crippen LogP contribution in [0, 0.1) is 0 Å². The first-order valence-corrected chi connectivity index (χ1v) is 11.0. The Hall–Kier alpha value is -2.52. The lowest BCUT2D eigenvalue weighted by atomic mass is 9.98. The summed E-state index contributed by atoms with van der Waals surface area (Å²) in [5.41, 5.74) is 1.95. The predicted molar refractivity (Wildman–Crippen MR) is 110 cm³/mol. The molecule has 3 aromatic rings. The van der Waals surface area contributed by atoms with Crippen molar-refractivity contribution in [3.63, 3.8) is 0 Å². The summed E-state index contributed by atoms with van der Waals surface area (Å²) in [4.78, 5) is 13.3. The largest absolute Gasteiger partial charge is 0.343 e. The summed E-state index contributed by atoms with van der Waals surface area (Å²) in [7, 11) is -3.73. The molecule has 1 aliphatic rings. The maximum atomic E-state index is 14.0. The Balaban J connectivity index is 1.82. The number of hydrogen-bond acceptors (Lipinski definition) is 3. The van der Waals surface area contributed by atoms with E-state index in [4.69, 9.17) is 4.52 Å². The van der Waals surface area contributed by atoms with Crippen molar-refractivity contribution >= 4 is 13.0 Å². The number of hydrogen-bond donors (Lipinski definition) is 0. The van der Waals surface area contributed by atoms with E-state index in [-0.39, 0.29) is 6.04 Å². The Morgan fingerprint density at radius 1 is 0.821 bits per heavy atom. The molecule has 5 heteroatoms. The molecule has 1 atom stereocenters. The van der Waals surface area contributed by atoms with Gasteiger partial charge in [0.15, 0.2) is 0 Å². The highest BCUT2D eigenvalue weighted by atomic mass is 31.2. The molecule has 0 aliphatic carbocycles. The first-order valence-electron chi connectivity index (χ1n) is 9.42. The average Bonchev–Trinajstić information content (AvgIpc) is 2.77. The molecule has 1 saturated heterocycles. The second-order valence-electron chi connectivity index (χ2n) is 6.77. The fourth-order valence-corrected chi connectivity index (χ4v) is 5.95. The van der Waals surface area contributed by atoms with Gasteiger partial charge in [-0.3, -0.25) is 9.36 Å². The van der Waals surface area contributed by atoms with Gasteiger partial charge < -0.3 is 4.52 Å². The monoisotopic (exact) mass is 391 g/mol. The van der Waals surface area contributed by atoms with Crippen LogP contribution in [-0.4, -0.2) is 23.3 Å². The summed E-state index contributed by atoms with van der Waals surface area (Å²) in [5.74, 6) is 0. The highest BCUT2D eigenvalue weighted by Gasteiger charge is 2.46. The standard InChI is InChI=1S/C23H22NO3P/c25-23(21-15-8-3-9-16-21)28(26)24(17-10-18-27-28)22(19-11-4-1-5-12-19)20-13-6-2-7-14-20/h1-9,11-16,22H,10,17-18H2. The minimum absolute atomic E-state index is 0.318. The van der Waals surface area contributed by atoms with Gasteiger partial charge in [0.1, 0.15) is 0 Å². The molecule has 0 spiro atoms. The second kappa shape index (κ2) is 8.24. The lowest BCUT2D eigenvalue weighted by molar-refractivity contribution is 0.0996. The van der Waals surface area contributed by atoms with Crippen LogP contribution >= 0.6 is 7.52 Å². The number of rotatable bonds is 5. The van der Waals surface area contributed by atoms with Crippen LogP contribution in [0.15, 0.2) is 91.0 Å². The highest BCUT2D eigenvalue weighted by Crippen LogP contribution is 2.60. The van der Waals surface area contributed by atoms with Crippen LogP contribution in [-0.2, 0) is 9.09 Å². The Morgan fingerprint density at radius 3 is 1.86 bits per heavy atom. The molecule has 0 saturated carbocycles. The molecule has 0 amide bonds. The van der Waals surface area contributed by atoms with E-state index in [1.165, 1.54) is 0 Å². The summed E-state index contributed by atoms with van der Waals surface area (Å²) < 4.78 is 21.5. The Kier molecular flexibility index (Phi) is 5.54. The normalized spacial score (nSPS) is 20.2. The zero-order valence-corrected chi connectivity index (χ0v) is 16.4. The van der Waals surface area contributed by atoms with Gasteiger partial charge in [0.25, 0.3) is 5.52 Å². The zero-order valence-electron chi connectivity index (χ0n) is 15.5. The first-order chi connectivity index (χ1) is 13.7. The molecule has 0 aromatic heterocycles. The van der Waals surface area contributed by atoms with Crippen molar-refractivity contribution in [2.45, 2.75) is 12.5 Å². The molecule has 1 unspecified atom stereocenters. The maximum absolute atomic E-state index is 14.0. The molecule has 0 bridgehead atoms. The molecule has 0 N–H and O–H groups in total. The van der Waals surface area contributed by atoms with Gasteiger partial charge in [-0.05, 0) is 17.5 Å². The Bertz CT molecular complexity index is 937. The van der Waals surface area contributed by atoms with E-state index in [2.05, 4.69) is 0 Å². The lowest BCUT2D eigenvalue weighted by Crippen LogP contribution is -2.35. The zero-order chi connectivity index (χ0) is 19.4. The second-order valence-corrected chi connectivity index (χ2v) is 8.98. The van der Waals surface area contributed by atoms with Crippen LogP contribution in [0.5, 0.6) is 0 Å². The molecule has 3 aromatic carbocycles. The minimum Gasteiger partial charge on any atom is -0.312 e. The van der Waals surface area contributed by atoms with E-state index in [0.29, 0.717) is 18.7 Å². The smallest absolute Gasteiger partial charge is 0.312 e. The summed E-state index contributed by atoms with van der Waals surface area (Å²) in [6.07, 6.45) is 0.724. The van der Waals surface area contributed by atoms with Crippen LogP contribution in [0.4, 0.5) is 0 Å². The van der Waals surface area contributed by atoms with Gasteiger partial charge in [-0.25, -0.2) is 4.67 Å². The van der Waals surface area contributed by atoms with Crippen LogP contribution in [0.25, 0.3) is 0 Å². The van der Waals surface area contributed by atoms with Crippen LogP contribution in [0.2, 0.25) is 0 Å². The van der Waals surface area contributed by atoms with Gasteiger partial charge in [-0.1, -0.05) is 91.0 Å². The number of carbonyl (C=O) groups excluding carboxylic acids is 1. The number of nitrogens with zero attached hydrogens (tertiary/aromatic N) is 1. The molecular weight excluding hydrogens is 369 g/mol. The van der Waals surface area contributed by atoms with Crippen LogP contribution in [0.3, 0.4) is 0 Å². The van der Waals surface area contributed by atoms with Gasteiger partial charge in [-0.2, -0.15) is 0 Å². The van der Waals surface area contributed by atoms with Crippen LogP contribution < -0.4 is 0 Å². The third kappa shape index (κ3) is 3.59. The third-order valence-corrected chi connectivity index (χ3v) is 7.35. The molecule has 1 heterocycles. The van der Waals surface area contributed by atoms with Crippen LogP contribution in [0.1, 0.15) is 33.9 Å². The van der Waals surface area contributed by atoms with E-state index < -0.39 is 13.0 Å². The van der Waals surface area contributed by atoms with Crippen molar-refractivity contribution in [2.24, 2.45) is 0 Å². The van der Waals surface area contributed by atoms with Crippen molar-refractivity contribution in [3.05, 3.63) is 108 Å². The van der Waals surface area contributed by atoms with Gasteiger partial charge in [0, 0.05) is 12.1 Å². The molecule has 1 fully saturated rings. The van der Waals surface area contributed by atoms with Crippen molar-refractivity contribution < 1.29 is 13.9 Å². The Morgan fingerprint density at radius 2 is 1.32 bits per heavy atom. The van der Waals surface area contributed by atoms with E-state index >= 15 is 0 Å². The summed E-state index contributed by atoms with van der Waals surface area (Å²) in [6.45, 7) is 0.854. The van der Waals surface area contributed by atoms with Gasteiger partial charge >= 0.3 is 7.52 Å². The number of benzene rings is 3. The fourth-order valence-electron chi connectivity index (χ4n) is 3.63. The van der Waals surface area contributed by atoms with E-state index in [0.717, 1.165) is 17.5 Å². The third-order valence-electron chi connectivity index (χ3n) is 4.94. The van der Waals surface area contributed by atoms with E-state index in [1.54, 1.807) is 28.9 Å². The molecule has 1 aliphatic heterocycles. The Labute approximate surface area is 165 Å².